The van der Waals surface area contributed by atoms with Crippen molar-refractivity contribution in [2.24, 2.45) is 0 Å². The van der Waals surface area contributed by atoms with Gasteiger partial charge in [-0.1, -0.05) is 0 Å². The fourth-order valence-electron chi connectivity index (χ4n) is 3.20. The number of hydrogen-bond donors (Lipinski definition) is 1. The van der Waals surface area contributed by atoms with Gasteiger partial charge in [-0.2, -0.15) is 0 Å². The van der Waals surface area contributed by atoms with Crippen molar-refractivity contribution in [2.75, 3.05) is 45.9 Å². The molecule has 2 saturated heterocycles. The van der Waals surface area contributed by atoms with Crippen molar-refractivity contribution in [2.45, 2.75) is 25.3 Å². The molecule has 0 radical (unpaired) electrons. The third-order valence-corrected chi connectivity index (χ3v) is 4.54. The molecule has 2 amide bonds. The predicted molar refractivity (Wildman–Crippen MR) is 82.8 cm³/mol. The molecule has 2 aliphatic rings. The minimum absolute atomic E-state index is 0.0400. The SMILES string of the molecule is O=C(NCCc1ccco1)N1CCN(C2CCOCC2)CC1. The number of hydrogen-bond acceptors (Lipinski definition) is 4. The molecule has 0 bridgehead atoms. The second-order valence-corrected chi connectivity index (χ2v) is 5.93. The lowest BCUT2D eigenvalue weighted by Gasteiger charge is -2.40. The van der Waals surface area contributed by atoms with E-state index in [1.165, 1.54) is 0 Å². The third-order valence-electron chi connectivity index (χ3n) is 4.54. The van der Waals surface area contributed by atoms with Crippen molar-refractivity contribution in [1.82, 2.24) is 15.1 Å². The number of rotatable bonds is 4. The number of ether oxygens (including phenoxy) is 1. The maximum Gasteiger partial charge on any atom is 0.317 e. The Kier molecular flexibility index (Phi) is 5.34. The lowest BCUT2D eigenvalue weighted by molar-refractivity contribution is 0.0187. The molecule has 2 fully saturated rings. The third kappa shape index (κ3) is 4.01. The van der Waals surface area contributed by atoms with Gasteiger partial charge in [-0.3, -0.25) is 4.90 Å². The van der Waals surface area contributed by atoms with Crippen molar-refractivity contribution >= 4 is 6.03 Å². The van der Waals surface area contributed by atoms with Gasteiger partial charge in [-0.05, 0) is 25.0 Å². The Morgan fingerprint density at radius 1 is 1.23 bits per heavy atom. The standard InChI is InChI=1S/C16H25N3O3/c20-16(17-6-3-15-2-1-11-22-15)19-9-7-18(8-10-19)14-4-12-21-13-5-14/h1-2,11,14H,3-10,12-13H2,(H,17,20). The highest BCUT2D eigenvalue weighted by Crippen LogP contribution is 2.16. The van der Waals surface area contributed by atoms with E-state index in [0.29, 0.717) is 12.6 Å². The molecule has 0 saturated carbocycles. The number of nitrogens with zero attached hydrogens (tertiary/aromatic N) is 2. The lowest BCUT2D eigenvalue weighted by atomic mass is 10.1. The monoisotopic (exact) mass is 307 g/mol. The number of urea groups is 1. The zero-order valence-electron chi connectivity index (χ0n) is 13.0. The number of carbonyl (C=O) groups is 1. The zero-order chi connectivity index (χ0) is 15.2. The van der Waals surface area contributed by atoms with Gasteiger partial charge in [-0.15, -0.1) is 0 Å². The summed E-state index contributed by atoms with van der Waals surface area (Å²) in [7, 11) is 0. The molecule has 1 aromatic heterocycles. The van der Waals surface area contributed by atoms with Crippen LogP contribution in [0.2, 0.25) is 0 Å². The molecule has 2 aliphatic heterocycles. The Labute approximate surface area is 131 Å². The van der Waals surface area contributed by atoms with E-state index in [1.54, 1.807) is 6.26 Å². The lowest BCUT2D eigenvalue weighted by Crippen LogP contribution is -2.55. The minimum atomic E-state index is 0.0400. The molecule has 3 rings (SSSR count). The summed E-state index contributed by atoms with van der Waals surface area (Å²) in [5.74, 6) is 0.907. The van der Waals surface area contributed by atoms with Gasteiger partial charge in [0.2, 0.25) is 0 Å². The van der Waals surface area contributed by atoms with Crippen molar-refractivity contribution in [3.8, 4) is 0 Å². The normalized spacial score (nSPS) is 21.0. The van der Waals surface area contributed by atoms with E-state index in [9.17, 15) is 4.79 Å². The second-order valence-electron chi connectivity index (χ2n) is 5.93. The molecule has 22 heavy (non-hydrogen) atoms. The molecule has 1 aromatic rings. The van der Waals surface area contributed by atoms with Gasteiger partial charge in [0.05, 0.1) is 6.26 Å². The van der Waals surface area contributed by atoms with Gasteiger partial charge in [0.15, 0.2) is 0 Å². The van der Waals surface area contributed by atoms with Crippen LogP contribution in [-0.4, -0.2) is 67.8 Å². The summed E-state index contributed by atoms with van der Waals surface area (Å²) in [6.07, 6.45) is 4.64. The first-order chi connectivity index (χ1) is 10.8. The number of nitrogens with one attached hydrogen (secondary N) is 1. The Hall–Kier alpha value is -1.53. The van der Waals surface area contributed by atoms with Crippen LogP contribution in [0.15, 0.2) is 22.8 Å². The number of furan rings is 1. The molecule has 0 atom stereocenters. The van der Waals surface area contributed by atoms with Crippen LogP contribution in [0.4, 0.5) is 4.79 Å². The molecular weight excluding hydrogens is 282 g/mol. The largest absolute Gasteiger partial charge is 0.469 e. The van der Waals surface area contributed by atoms with Crippen LogP contribution in [0.25, 0.3) is 0 Å². The van der Waals surface area contributed by atoms with E-state index in [1.807, 2.05) is 17.0 Å². The maximum absolute atomic E-state index is 12.2. The van der Waals surface area contributed by atoms with Gasteiger partial charge in [-0.25, -0.2) is 4.79 Å². The van der Waals surface area contributed by atoms with E-state index >= 15 is 0 Å². The molecule has 122 valence electrons. The van der Waals surface area contributed by atoms with Crippen LogP contribution >= 0.6 is 0 Å². The molecule has 0 spiro atoms. The molecule has 0 unspecified atom stereocenters. The van der Waals surface area contributed by atoms with Crippen LogP contribution in [0, 0.1) is 0 Å². The summed E-state index contributed by atoms with van der Waals surface area (Å²) in [5.41, 5.74) is 0. The quantitative estimate of drug-likeness (QED) is 0.912. The fourth-order valence-corrected chi connectivity index (χ4v) is 3.20. The van der Waals surface area contributed by atoms with Gasteiger partial charge < -0.3 is 19.4 Å². The summed E-state index contributed by atoms with van der Waals surface area (Å²) in [4.78, 5) is 16.6. The van der Waals surface area contributed by atoms with Crippen LogP contribution in [0.3, 0.4) is 0 Å². The molecule has 0 aliphatic carbocycles. The van der Waals surface area contributed by atoms with Crippen molar-refractivity contribution < 1.29 is 13.9 Å². The highest BCUT2D eigenvalue weighted by molar-refractivity contribution is 5.74. The summed E-state index contributed by atoms with van der Waals surface area (Å²) in [6.45, 7) is 5.92. The number of piperazine rings is 1. The molecule has 0 aromatic carbocycles. The number of carbonyl (C=O) groups excluding carboxylic acids is 1. The first-order valence-corrected chi connectivity index (χ1v) is 8.20. The average Bonchev–Trinajstić information content (AvgIpc) is 3.09. The highest BCUT2D eigenvalue weighted by atomic mass is 16.5. The van der Waals surface area contributed by atoms with Crippen LogP contribution in [0.5, 0.6) is 0 Å². The Morgan fingerprint density at radius 3 is 2.68 bits per heavy atom. The van der Waals surface area contributed by atoms with Crippen LogP contribution < -0.4 is 5.32 Å². The van der Waals surface area contributed by atoms with Crippen molar-refractivity contribution in [3.63, 3.8) is 0 Å². The van der Waals surface area contributed by atoms with E-state index in [0.717, 1.165) is 64.4 Å². The topological polar surface area (TPSA) is 58.0 Å². The van der Waals surface area contributed by atoms with Crippen molar-refractivity contribution in [1.29, 1.82) is 0 Å². The first-order valence-electron chi connectivity index (χ1n) is 8.20. The summed E-state index contributed by atoms with van der Waals surface area (Å²) in [6, 6.07) is 4.47. The van der Waals surface area contributed by atoms with Gasteiger partial charge in [0, 0.05) is 58.4 Å². The number of amides is 2. The predicted octanol–water partition coefficient (Wildman–Crippen LogP) is 1.33. The molecule has 6 nitrogen and oxygen atoms in total. The highest BCUT2D eigenvalue weighted by Gasteiger charge is 2.27. The van der Waals surface area contributed by atoms with Crippen LogP contribution in [-0.2, 0) is 11.2 Å². The molecule has 1 N–H and O–H groups in total. The van der Waals surface area contributed by atoms with Gasteiger partial charge in [0.1, 0.15) is 5.76 Å². The Balaban J connectivity index is 1.36. The summed E-state index contributed by atoms with van der Waals surface area (Å²) in [5, 5.41) is 2.97. The smallest absolute Gasteiger partial charge is 0.317 e. The van der Waals surface area contributed by atoms with Gasteiger partial charge in [0.25, 0.3) is 0 Å². The minimum Gasteiger partial charge on any atom is -0.469 e. The Bertz CT molecular complexity index is 449. The maximum atomic E-state index is 12.2. The van der Waals surface area contributed by atoms with Crippen molar-refractivity contribution in [3.05, 3.63) is 24.2 Å². The molecule has 6 heteroatoms. The molecular formula is C16H25N3O3. The van der Waals surface area contributed by atoms with E-state index in [2.05, 4.69) is 10.2 Å². The van der Waals surface area contributed by atoms with Crippen LogP contribution in [0.1, 0.15) is 18.6 Å². The fraction of sp³-hybridized carbons (Fsp3) is 0.688. The average molecular weight is 307 g/mol. The van der Waals surface area contributed by atoms with Gasteiger partial charge >= 0.3 is 6.03 Å². The summed E-state index contributed by atoms with van der Waals surface area (Å²) >= 11 is 0. The van der Waals surface area contributed by atoms with E-state index in [-0.39, 0.29) is 6.03 Å². The molecule has 3 heterocycles. The van der Waals surface area contributed by atoms with E-state index < -0.39 is 0 Å². The summed E-state index contributed by atoms with van der Waals surface area (Å²) < 4.78 is 10.7. The zero-order valence-corrected chi connectivity index (χ0v) is 13.0. The first kappa shape index (κ1) is 15.4. The Morgan fingerprint density at radius 2 is 2.00 bits per heavy atom. The second kappa shape index (κ2) is 7.65. The van der Waals surface area contributed by atoms with E-state index in [4.69, 9.17) is 9.15 Å².